The minimum Gasteiger partial charge on any atom is -1.00 e. The Hall–Kier alpha value is -1.00. The van der Waals surface area contributed by atoms with Crippen LogP contribution in [0.1, 0.15) is 18.6 Å². The molecule has 1 unspecified atom stereocenters. The highest BCUT2D eigenvalue weighted by molar-refractivity contribution is 6.30. The zero-order valence-electron chi connectivity index (χ0n) is 11.6. The van der Waals surface area contributed by atoms with E-state index in [1.807, 2.05) is 36.4 Å². The number of halogens is 2. The van der Waals surface area contributed by atoms with Gasteiger partial charge >= 0.3 is 0 Å². The zero-order chi connectivity index (χ0) is 13.8. The lowest BCUT2D eigenvalue weighted by molar-refractivity contribution is -0.00000590. The summed E-state index contributed by atoms with van der Waals surface area (Å²) < 4.78 is 11.4. The van der Waals surface area contributed by atoms with Gasteiger partial charge in [0.15, 0.2) is 0 Å². The lowest BCUT2D eigenvalue weighted by Gasteiger charge is -2.09. The first kappa shape index (κ1) is 16.4. The average molecular weight is 327 g/mol. The molecule has 1 aliphatic rings. The largest absolute Gasteiger partial charge is 1.00 e. The number of benzene rings is 1. The van der Waals surface area contributed by atoms with Crippen LogP contribution in [0.15, 0.2) is 40.8 Å². The number of ether oxygens (including phenoxy) is 1. The van der Waals surface area contributed by atoms with Crippen molar-refractivity contribution in [2.45, 2.75) is 25.5 Å². The molecule has 1 saturated heterocycles. The summed E-state index contributed by atoms with van der Waals surface area (Å²) in [7, 11) is 0. The van der Waals surface area contributed by atoms with Gasteiger partial charge in [-0.3, -0.25) is 0 Å². The highest BCUT2D eigenvalue weighted by atomic mass is 35.5. The monoisotopic (exact) mass is 326 g/mol. The first-order chi connectivity index (χ1) is 9.81. The van der Waals surface area contributed by atoms with Crippen LogP contribution in [-0.2, 0) is 11.3 Å². The van der Waals surface area contributed by atoms with E-state index in [1.54, 1.807) is 0 Å². The van der Waals surface area contributed by atoms with E-state index in [9.17, 15) is 0 Å². The Labute approximate surface area is 136 Å². The molecule has 1 aromatic heterocycles. The molecule has 3 nitrogen and oxygen atoms in total. The maximum absolute atomic E-state index is 5.99. The van der Waals surface area contributed by atoms with Gasteiger partial charge in [0.2, 0.25) is 0 Å². The predicted molar refractivity (Wildman–Crippen MR) is 79.8 cm³/mol. The summed E-state index contributed by atoms with van der Waals surface area (Å²) in [4.78, 5) is 0. The van der Waals surface area contributed by atoms with E-state index in [2.05, 4.69) is 5.32 Å². The number of hydrogen-bond donors (Lipinski definition) is 1. The first-order valence-electron chi connectivity index (χ1n) is 6.98. The molecule has 0 spiro atoms. The molecule has 2 aromatic rings. The Kier molecular flexibility index (Phi) is 6.12. The molecule has 5 heteroatoms. The van der Waals surface area contributed by atoms with Crippen molar-refractivity contribution in [1.29, 1.82) is 0 Å². The highest BCUT2D eigenvalue weighted by Gasteiger charge is 2.14. The van der Waals surface area contributed by atoms with Gasteiger partial charge < -0.3 is 26.9 Å². The molecule has 0 saturated carbocycles. The Bertz CT molecular complexity index is 565. The van der Waals surface area contributed by atoms with Crippen LogP contribution in [-0.4, -0.2) is 19.3 Å². The van der Waals surface area contributed by atoms with Gasteiger partial charge in [-0.05, 0) is 37.1 Å². The highest BCUT2D eigenvalue weighted by Crippen LogP contribution is 2.24. The van der Waals surface area contributed by atoms with Gasteiger partial charge in [-0.25, -0.2) is 0 Å². The van der Waals surface area contributed by atoms with Crippen LogP contribution in [0.4, 0.5) is 0 Å². The van der Waals surface area contributed by atoms with Crippen molar-refractivity contribution in [3.8, 4) is 11.3 Å². The smallest absolute Gasteiger partial charge is 0.134 e. The third kappa shape index (κ3) is 4.48. The molecule has 1 fully saturated rings. The summed E-state index contributed by atoms with van der Waals surface area (Å²) in [6, 6.07) is 11.7. The molecule has 1 atom stereocenters. The second-order valence-corrected chi connectivity index (χ2v) is 5.48. The lowest BCUT2D eigenvalue weighted by Crippen LogP contribution is -3.00. The summed E-state index contributed by atoms with van der Waals surface area (Å²) in [5.74, 6) is 1.78. The van der Waals surface area contributed by atoms with Crippen molar-refractivity contribution in [2.75, 3.05) is 13.2 Å². The fourth-order valence-corrected chi connectivity index (χ4v) is 2.62. The van der Waals surface area contributed by atoms with Crippen molar-refractivity contribution >= 4 is 11.6 Å². The van der Waals surface area contributed by atoms with E-state index in [0.717, 1.165) is 48.2 Å². The van der Waals surface area contributed by atoms with E-state index in [4.69, 9.17) is 20.8 Å². The van der Waals surface area contributed by atoms with Crippen LogP contribution in [0.3, 0.4) is 0 Å². The molecule has 21 heavy (non-hydrogen) atoms. The minimum absolute atomic E-state index is 0. The Balaban J connectivity index is 0.00000161. The molecule has 1 aromatic carbocycles. The van der Waals surface area contributed by atoms with Gasteiger partial charge in [0, 0.05) is 23.7 Å². The molecule has 1 aliphatic heterocycles. The van der Waals surface area contributed by atoms with Crippen molar-refractivity contribution in [3.05, 3.63) is 47.2 Å². The predicted octanol–water partition coefficient (Wildman–Crippen LogP) is 0.873. The summed E-state index contributed by atoms with van der Waals surface area (Å²) in [6.07, 6.45) is 2.68. The molecule has 0 aliphatic carbocycles. The topological polar surface area (TPSA) is 34.4 Å². The van der Waals surface area contributed by atoms with E-state index >= 15 is 0 Å². The SMILES string of the molecule is Clc1cccc(-c2ccc(CNCC3CCCO3)o2)c1.[Cl-]. The van der Waals surface area contributed by atoms with Crippen molar-refractivity contribution < 1.29 is 21.6 Å². The van der Waals surface area contributed by atoms with E-state index < -0.39 is 0 Å². The molecule has 114 valence electrons. The van der Waals surface area contributed by atoms with E-state index in [0.29, 0.717) is 6.10 Å². The van der Waals surface area contributed by atoms with Crippen LogP contribution in [0.5, 0.6) is 0 Å². The maximum atomic E-state index is 5.99. The van der Waals surface area contributed by atoms with Gasteiger partial charge in [-0.15, -0.1) is 0 Å². The van der Waals surface area contributed by atoms with Gasteiger partial charge in [0.05, 0.1) is 12.6 Å². The normalized spacial score (nSPS) is 17.7. The van der Waals surface area contributed by atoms with Gasteiger partial charge in [0.25, 0.3) is 0 Å². The zero-order valence-corrected chi connectivity index (χ0v) is 13.2. The van der Waals surface area contributed by atoms with Crippen molar-refractivity contribution in [1.82, 2.24) is 5.32 Å². The average Bonchev–Trinajstić information content (AvgIpc) is 3.10. The second-order valence-electron chi connectivity index (χ2n) is 5.04. The third-order valence-corrected chi connectivity index (χ3v) is 3.70. The molecule has 2 heterocycles. The maximum Gasteiger partial charge on any atom is 0.134 e. The van der Waals surface area contributed by atoms with Crippen molar-refractivity contribution in [3.63, 3.8) is 0 Å². The van der Waals surface area contributed by atoms with Gasteiger partial charge in [-0.1, -0.05) is 23.7 Å². The summed E-state index contributed by atoms with van der Waals surface area (Å²) in [5.41, 5.74) is 1.00. The minimum atomic E-state index is 0. The summed E-state index contributed by atoms with van der Waals surface area (Å²) in [6.45, 7) is 2.50. The standard InChI is InChI=1S/C16H18ClNO2.ClH/c17-13-4-1-3-12(9-13)16-7-6-15(20-16)11-18-10-14-5-2-8-19-14;/h1,3-4,6-7,9,14,18H,2,5,8,10-11H2;1H/p-1. The Morgan fingerprint density at radius 1 is 1.24 bits per heavy atom. The number of furan rings is 1. The molecule has 3 rings (SSSR count). The quantitative estimate of drug-likeness (QED) is 0.885. The van der Waals surface area contributed by atoms with E-state index in [1.165, 1.54) is 6.42 Å². The van der Waals surface area contributed by atoms with Crippen LogP contribution < -0.4 is 17.7 Å². The van der Waals surface area contributed by atoms with E-state index in [-0.39, 0.29) is 12.4 Å². The second kappa shape index (κ2) is 7.85. The molecule has 0 bridgehead atoms. The first-order valence-corrected chi connectivity index (χ1v) is 7.36. The third-order valence-electron chi connectivity index (χ3n) is 3.47. The number of hydrogen-bond acceptors (Lipinski definition) is 3. The molecular weight excluding hydrogens is 309 g/mol. The summed E-state index contributed by atoms with van der Waals surface area (Å²) >= 11 is 5.99. The van der Waals surface area contributed by atoms with Crippen LogP contribution >= 0.6 is 11.6 Å². The Morgan fingerprint density at radius 3 is 2.90 bits per heavy atom. The molecule has 0 amide bonds. The fraction of sp³-hybridized carbons (Fsp3) is 0.375. The van der Waals surface area contributed by atoms with Crippen LogP contribution in [0.2, 0.25) is 5.02 Å². The van der Waals surface area contributed by atoms with Crippen molar-refractivity contribution in [2.24, 2.45) is 0 Å². The molecular formula is C16H18Cl2NO2-. The number of rotatable bonds is 5. The summed E-state index contributed by atoms with van der Waals surface area (Å²) in [5, 5.41) is 4.09. The number of nitrogens with one attached hydrogen (secondary N) is 1. The molecule has 1 N–H and O–H groups in total. The van der Waals surface area contributed by atoms with Crippen LogP contribution in [0.25, 0.3) is 11.3 Å². The lowest BCUT2D eigenvalue weighted by atomic mass is 10.2. The molecule has 0 radical (unpaired) electrons. The van der Waals surface area contributed by atoms with Crippen LogP contribution in [0, 0.1) is 0 Å². The Morgan fingerprint density at radius 2 is 2.14 bits per heavy atom. The van der Waals surface area contributed by atoms with Gasteiger partial charge in [0.1, 0.15) is 11.5 Å². The fourth-order valence-electron chi connectivity index (χ4n) is 2.43. The van der Waals surface area contributed by atoms with Gasteiger partial charge in [-0.2, -0.15) is 0 Å².